The van der Waals surface area contributed by atoms with E-state index in [2.05, 4.69) is 9.47 Å². The molecule has 1 aromatic rings. The van der Waals surface area contributed by atoms with Crippen LogP contribution in [0.25, 0.3) is 0 Å². The van der Waals surface area contributed by atoms with Crippen molar-refractivity contribution in [1.29, 1.82) is 0 Å². The predicted octanol–water partition coefficient (Wildman–Crippen LogP) is 2.44. The van der Waals surface area contributed by atoms with Gasteiger partial charge in [-0.3, -0.25) is 0 Å². The molecule has 1 rings (SSSR count). The highest BCUT2D eigenvalue weighted by atomic mass is 19.3. The molecule has 2 nitrogen and oxygen atoms in total. The topological polar surface area (TPSA) is 18.5 Å². The van der Waals surface area contributed by atoms with Gasteiger partial charge in [-0.1, -0.05) is 6.07 Å². The number of ether oxygens (including phenoxy) is 2. The number of rotatable bonds is 3. The molecule has 0 aromatic heterocycles. The molecule has 0 radical (unpaired) electrons. The molecule has 0 bridgehead atoms. The van der Waals surface area contributed by atoms with E-state index in [1.54, 1.807) is 0 Å². The second kappa shape index (κ2) is 4.02. The summed E-state index contributed by atoms with van der Waals surface area (Å²) in [5, 5.41) is 0. The number of benzene rings is 1. The lowest BCUT2D eigenvalue weighted by Gasteiger charge is -2.09. The summed E-state index contributed by atoms with van der Waals surface area (Å²) in [6.07, 6.45) is 0. The minimum Gasteiger partial charge on any atom is -0.490 e. The quantitative estimate of drug-likeness (QED) is 0.732. The number of methoxy groups -OCH3 is 1. The molecule has 0 heterocycles. The molecule has 0 atom stereocenters. The van der Waals surface area contributed by atoms with Crippen LogP contribution in [0.3, 0.4) is 0 Å². The van der Waals surface area contributed by atoms with Crippen molar-refractivity contribution in [2.45, 2.75) is 6.61 Å². The summed E-state index contributed by atoms with van der Waals surface area (Å²) in [5.41, 5.74) is 0. The Labute approximate surface area is 72.9 Å². The predicted molar refractivity (Wildman–Crippen MR) is 39.6 cm³/mol. The summed E-state index contributed by atoms with van der Waals surface area (Å²) in [5.74, 6) is -1.36. The maximum Gasteiger partial charge on any atom is 0.387 e. The smallest absolute Gasteiger partial charge is 0.387 e. The van der Waals surface area contributed by atoms with Gasteiger partial charge in [-0.2, -0.15) is 8.78 Å². The molecule has 0 aliphatic rings. The highest BCUT2D eigenvalue weighted by molar-refractivity contribution is 5.40. The van der Waals surface area contributed by atoms with Gasteiger partial charge < -0.3 is 9.47 Å². The third-order valence-electron chi connectivity index (χ3n) is 1.35. The van der Waals surface area contributed by atoms with E-state index in [1.807, 2.05) is 0 Å². The van der Waals surface area contributed by atoms with Crippen molar-refractivity contribution >= 4 is 0 Å². The summed E-state index contributed by atoms with van der Waals surface area (Å²) in [6, 6.07) is 3.56. The van der Waals surface area contributed by atoms with E-state index in [0.29, 0.717) is 0 Å². The molecular formula is C8H7F3O2. The Kier molecular flexibility index (Phi) is 3.00. The molecule has 0 unspecified atom stereocenters. The number of alkyl halides is 2. The largest absolute Gasteiger partial charge is 0.490 e. The molecule has 0 spiro atoms. The molecule has 0 aliphatic carbocycles. The van der Waals surface area contributed by atoms with Gasteiger partial charge in [-0.05, 0) is 12.1 Å². The SMILES string of the molecule is COc1c(F)cccc1OC(F)F. The van der Waals surface area contributed by atoms with E-state index in [1.165, 1.54) is 19.2 Å². The van der Waals surface area contributed by atoms with Crippen molar-refractivity contribution in [2.75, 3.05) is 7.11 Å². The van der Waals surface area contributed by atoms with Crippen molar-refractivity contribution in [3.8, 4) is 11.5 Å². The average molecular weight is 192 g/mol. The van der Waals surface area contributed by atoms with Gasteiger partial charge in [-0.15, -0.1) is 0 Å². The Morgan fingerprint density at radius 1 is 1.31 bits per heavy atom. The van der Waals surface area contributed by atoms with Crippen LogP contribution in [0.15, 0.2) is 18.2 Å². The van der Waals surface area contributed by atoms with Gasteiger partial charge in [0.15, 0.2) is 17.3 Å². The molecule has 0 fully saturated rings. The Morgan fingerprint density at radius 3 is 2.54 bits per heavy atom. The van der Waals surface area contributed by atoms with Crippen LogP contribution in [0.2, 0.25) is 0 Å². The van der Waals surface area contributed by atoms with Crippen molar-refractivity contribution in [2.24, 2.45) is 0 Å². The van der Waals surface area contributed by atoms with Crippen LogP contribution in [0, 0.1) is 5.82 Å². The standard InChI is InChI=1S/C8H7F3O2/c1-12-7-5(9)3-2-4-6(7)13-8(10)11/h2-4,8H,1H3. The average Bonchev–Trinajstić information content (AvgIpc) is 2.03. The number of hydrogen-bond donors (Lipinski definition) is 0. The van der Waals surface area contributed by atoms with Gasteiger partial charge in [0.1, 0.15) is 0 Å². The Morgan fingerprint density at radius 2 is 2.00 bits per heavy atom. The maximum absolute atomic E-state index is 12.9. The summed E-state index contributed by atoms with van der Waals surface area (Å²) >= 11 is 0. The Bertz CT molecular complexity index is 289. The monoisotopic (exact) mass is 192 g/mol. The lowest BCUT2D eigenvalue weighted by Crippen LogP contribution is -2.04. The van der Waals surface area contributed by atoms with Gasteiger partial charge in [0.2, 0.25) is 0 Å². The van der Waals surface area contributed by atoms with Crippen LogP contribution in [0.5, 0.6) is 11.5 Å². The van der Waals surface area contributed by atoms with Crippen LogP contribution in [-0.4, -0.2) is 13.7 Å². The van der Waals surface area contributed by atoms with E-state index in [0.717, 1.165) is 6.07 Å². The van der Waals surface area contributed by atoms with Crippen LogP contribution in [0.1, 0.15) is 0 Å². The molecule has 0 saturated heterocycles. The highest BCUT2D eigenvalue weighted by Crippen LogP contribution is 2.30. The molecule has 13 heavy (non-hydrogen) atoms. The lowest BCUT2D eigenvalue weighted by atomic mass is 10.3. The molecule has 72 valence electrons. The molecule has 1 aromatic carbocycles. The lowest BCUT2D eigenvalue weighted by molar-refractivity contribution is -0.0514. The zero-order valence-corrected chi connectivity index (χ0v) is 6.76. The minimum absolute atomic E-state index is 0.308. The maximum atomic E-state index is 12.9. The number of hydrogen-bond acceptors (Lipinski definition) is 2. The number of para-hydroxylation sites is 1. The van der Waals surface area contributed by atoms with Crippen LogP contribution < -0.4 is 9.47 Å². The van der Waals surface area contributed by atoms with E-state index in [-0.39, 0.29) is 11.5 Å². The molecule has 0 amide bonds. The highest BCUT2D eigenvalue weighted by Gasteiger charge is 2.13. The molecule has 0 N–H and O–H groups in total. The van der Waals surface area contributed by atoms with Crippen LogP contribution >= 0.6 is 0 Å². The second-order valence-electron chi connectivity index (χ2n) is 2.15. The molecular weight excluding hydrogens is 185 g/mol. The Balaban J connectivity index is 2.98. The van der Waals surface area contributed by atoms with Crippen molar-refractivity contribution in [3.05, 3.63) is 24.0 Å². The van der Waals surface area contributed by atoms with Gasteiger partial charge in [0, 0.05) is 0 Å². The zero-order valence-electron chi connectivity index (χ0n) is 6.76. The van der Waals surface area contributed by atoms with Gasteiger partial charge >= 0.3 is 6.61 Å². The van der Waals surface area contributed by atoms with E-state index in [4.69, 9.17) is 0 Å². The van der Waals surface area contributed by atoms with Crippen LogP contribution in [-0.2, 0) is 0 Å². The third-order valence-corrected chi connectivity index (χ3v) is 1.35. The van der Waals surface area contributed by atoms with Crippen molar-refractivity contribution < 1.29 is 22.6 Å². The first-order valence-electron chi connectivity index (χ1n) is 3.42. The van der Waals surface area contributed by atoms with Gasteiger partial charge in [-0.25, -0.2) is 4.39 Å². The first kappa shape index (κ1) is 9.70. The molecule has 0 aliphatic heterocycles. The minimum atomic E-state index is -2.99. The fourth-order valence-corrected chi connectivity index (χ4v) is 0.876. The summed E-state index contributed by atoms with van der Waals surface area (Å²) in [4.78, 5) is 0. The molecule has 0 saturated carbocycles. The normalized spacial score (nSPS) is 10.2. The zero-order chi connectivity index (χ0) is 9.84. The fourth-order valence-electron chi connectivity index (χ4n) is 0.876. The van der Waals surface area contributed by atoms with Gasteiger partial charge in [0.05, 0.1) is 7.11 Å². The number of halogens is 3. The molecule has 5 heteroatoms. The van der Waals surface area contributed by atoms with Crippen molar-refractivity contribution in [3.63, 3.8) is 0 Å². The summed E-state index contributed by atoms with van der Waals surface area (Å²) in [7, 11) is 1.18. The Hall–Kier alpha value is -1.39. The van der Waals surface area contributed by atoms with E-state index >= 15 is 0 Å². The second-order valence-corrected chi connectivity index (χ2v) is 2.15. The fraction of sp³-hybridized carbons (Fsp3) is 0.250. The summed E-state index contributed by atoms with van der Waals surface area (Å²) < 4.78 is 44.9. The van der Waals surface area contributed by atoms with Crippen molar-refractivity contribution in [1.82, 2.24) is 0 Å². The van der Waals surface area contributed by atoms with Crippen LogP contribution in [0.4, 0.5) is 13.2 Å². The summed E-state index contributed by atoms with van der Waals surface area (Å²) in [6.45, 7) is -2.99. The van der Waals surface area contributed by atoms with E-state index < -0.39 is 12.4 Å². The third kappa shape index (κ3) is 2.27. The van der Waals surface area contributed by atoms with Gasteiger partial charge in [0.25, 0.3) is 0 Å². The first-order chi connectivity index (χ1) is 6.15. The van der Waals surface area contributed by atoms with E-state index in [9.17, 15) is 13.2 Å². The first-order valence-corrected chi connectivity index (χ1v) is 3.42.